The number of benzene rings is 4. The number of aromatic nitrogens is 1. The molecule has 1 aliphatic rings. The molecule has 0 bridgehead atoms. The van der Waals surface area contributed by atoms with Crippen LogP contribution < -0.4 is 10.2 Å². The number of para-hydroxylation sites is 1. The minimum atomic E-state index is -1.95. The Morgan fingerprint density at radius 3 is 2.39 bits per heavy atom. The lowest BCUT2D eigenvalue weighted by Crippen LogP contribution is -2.44. The number of hydrogen-bond acceptors (Lipinski definition) is 5. The molecule has 3 amide bonds. The van der Waals surface area contributed by atoms with Crippen molar-refractivity contribution in [2.75, 3.05) is 23.4 Å². The molecule has 0 spiro atoms. The highest BCUT2D eigenvalue weighted by Crippen LogP contribution is 2.47. The average molecular weight is 657 g/mol. The van der Waals surface area contributed by atoms with Crippen LogP contribution in [0.5, 0.6) is 0 Å². The number of amides is 3. The van der Waals surface area contributed by atoms with Crippen molar-refractivity contribution in [2.45, 2.75) is 38.5 Å². The predicted octanol–water partition coefficient (Wildman–Crippen LogP) is 5.69. The average Bonchev–Trinajstić information content (AvgIpc) is 3.61. The Labute approximate surface area is 285 Å². The van der Waals surface area contributed by atoms with Gasteiger partial charge in [-0.2, -0.15) is 0 Å². The second-order valence-corrected chi connectivity index (χ2v) is 12.4. The second kappa shape index (κ2) is 14.7. The van der Waals surface area contributed by atoms with Crippen molar-refractivity contribution in [2.24, 2.45) is 5.92 Å². The third-order valence-corrected chi connectivity index (χ3v) is 9.08. The third-order valence-electron chi connectivity index (χ3n) is 9.08. The first-order valence-corrected chi connectivity index (χ1v) is 16.4. The number of fused-ring (bicyclic) bond motifs is 2. The van der Waals surface area contributed by atoms with Crippen molar-refractivity contribution < 1.29 is 24.6 Å². The van der Waals surface area contributed by atoms with Crippen molar-refractivity contribution in [1.29, 1.82) is 0 Å². The van der Waals surface area contributed by atoms with E-state index in [1.165, 1.54) is 0 Å². The molecule has 2 heterocycles. The number of nitrogens with zero attached hydrogens (tertiary/aromatic N) is 2. The Kier molecular flexibility index (Phi) is 10.0. The van der Waals surface area contributed by atoms with Crippen LogP contribution in [0.25, 0.3) is 10.9 Å². The number of rotatable bonds is 13. The molecule has 1 aliphatic heterocycles. The monoisotopic (exact) mass is 656 g/mol. The van der Waals surface area contributed by atoms with Crippen molar-refractivity contribution >= 4 is 40.0 Å². The zero-order chi connectivity index (χ0) is 34.4. The van der Waals surface area contributed by atoms with Gasteiger partial charge in [0.05, 0.1) is 25.3 Å². The minimum absolute atomic E-state index is 0.0337. The van der Waals surface area contributed by atoms with E-state index in [0.717, 1.165) is 27.6 Å². The summed E-state index contributed by atoms with van der Waals surface area (Å²) in [6.45, 7) is 2.39. The van der Waals surface area contributed by atoms with Gasteiger partial charge in [-0.1, -0.05) is 97.9 Å². The van der Waals surface area contributed by atoms with Crippen LogP contribution in [0.4, 0.5) is 11.4 Å². The van der Waals surface area contributed by atoms with E-state index in [0.29, 0.717) is 23.5 Å². The lowest BCUT2D eigenvalue weighted by molar-refractivity contribution is -0.139. The Balaban J connectivity index is 1.23. The maximum Gasteiger partial charge on any atom is 0.264 e. The van der Waals surface area contributed by atoms with E-state index in [-0.39, 0.29) is 44.4 Å². The summed E-state index contributed by atoms with van der Waals surface area (Å²) in [7, 11) is 0. The zero-order valence-electron chi connectivity index (χ0n) is 27.4. The van der Waals surface area contributed by atoms with Gasteiger partial charge in [0.25, 0.3) is 5.91 Å². The molecule has 0 saturated carbocycles. The van der Waals surface area contributed by atoms with Gasteiger partial charge in [-0.15, -0.1) is 0 Å². The topological polar surface area (TPSA) is 126 Å². The Morgan fingerprint density at radius 1 is 0.959 bits per heavy atom. The van der Waals surface area contributed by atoms with Gasteiger partial charge in [-0.05, 0) is 41.0 Å². The van der Waals surface area contributed by atoms with E-state index < -0.39 is 17.4 Å². The molecule has 9 nitrogen and oxygen atoms in total. The summed E-state index contributed by atoms with van der Waals surface area (Å²) < 4.78 is 0. The van der Waals surface area contributed by atoms with Crippen molar-refractivity contribution in [1.82, 2.24) is 9.88 Å². The fourth-order valence-corrected chi connectivity index (χ4v) is 6.46. The fraction of sp³-hybridized carbons (Fsp3) is 0.225. The van der Waals surface area contributed by atoms with E-state index in [1.54, 1.807) is 47.1 Å². The highest BCUT2D eigenvalue weighted by molar-refractivity contribution is 6.08. The molecule has 250 valence electrons. The number of anilines is 2. The number of carbonyl (C=O) groups excluding carboxylic acids is 3. The van der Waals surface area contributed by atoms with Crippen LogP contribution in [0.2, 0.25) is 0 Å². The highest BCUT2D eigenvalue weighted by Gasteiger charge is 2.52. The molecule has 6 rings (SSSR count). The van der Waals surface area contributed by atoms with Gasteiger partial charge in [0.15, 0.2) is 5.60 Å². The molecule has 0 saturated heterocycles. The van der Waals surface area contributed by atoms with Gasteiger partial charge in [0.1, 0.15) is 0 Å². The summed E-state index contributed by atoms with van der Waals surface area (Å²) in [5, 5.41) is 25.8. The molecule has 2 atom stereocenters. The first-order chi connectivity index (χ1) is 23.8. The van der Waals surface area contributed by atoms with E-state index in [4.69, 9.17) is 0 Å². The van der Waals surface area contributed by atoms with Gasteiger partial charge >= 0.3 is 0 Å². The molecule has 4 N–H and O–H groups in total. The maximum atomic E-state index is 14.1. The Morgan fingerprint density at radius 2 is 1.65 bits per heavy atom. The Bertz CT molecular complexity index is 1970. The first kappa shape index (κ1) is 33.4. The van der Waals surface area contributed by atoms with Gasteiger partial charge < -0.3 is 30.3 Å². The number of nitrogens with one attached hydrogen (secondary N) is 2. The summed E-state index contributed by atoms with van der Waals surface area (Å²) in [5.41, 5.74) is 3.12. The third kappa shape index (κ3) is 7.18. The molecular formula is C40H40N4O5. The summed E-state index contributed by atoms with van der Waals surface area (Å²) in [5.74, 6) is -1.61. The van der Waals surface area contributed by atoms with Gasteiger partial charge in [-0.3, -0.25) is 14.4 Å². The molecule has 0 radical (unpaired) electrons. The zero-order valence-corrected chi connectivity index (χ0v) is 27.4. The van der Waals surface area contributed by atoms with Crippen LogP contribution >= 0.6 is 0 Å². The number of aliphatic hydroxyl groups is 2. The molecule has 9 heteroatoms. The number of aromatic amines is 1. The van der Waals surface area contributed by atoms with Crippen LogP contribution in [0.1, 0.15) is 35.6 Å². The van der Waals surface area contributed by atoms with E-state index in [1.807, 2.05) is 91.1 Å². The van der Waals surface area contributed by atoms with Crippen molar-refractivity contribution in [3.8, 4) is 0 Å². The largest absolute Gasteiger partial charge is 0.395 e. The van der Waals surface area contributed by atoms with E-state index in [2.05, 4.69) is 10.3 Å². The molecular weight excluding hydrogens is 616 g/mol. The van der Waals surface area contributed by atoms with Crippen LogP contribution in [0, 0.1) is 5.92 Å². The number of H-pyrrole nitrogens is 1. The molecule has 49 heavy (non-hydrogen) atoms. The van der Waals surface area contributed by atoms with Crippen molar-refractivity contribution in [3.05, 3.63) is 144 Å². The smallest absolute Gasteiger partial charge is 0.264 e. The summed E-state index contributed by atoms with van der Waals surface area (Å²) in [6.07, 6.45) is 5.36. The summed E-state index contributed by atoms with van der Waals surface area (Å²) in [4.78, 5) is 46.8. The number of aliphatic hydroxyl groups excluding tert-OH is 1. The Hall–Kier alpha value is -5.51. The van der Waals surface area contributed by atoms with E-state index >= 15 is 0 Å². The van der Waals surface area contributed by atoms with E-state index in [9.17, 15) is 24.6 Å². The lowest BCUT2D eigenvalue weighted by Gasteiger charge is -2.28. The predicted molar refractivity (Wildman–Crippen MR) is 190 cm³/mol. The first-order valence-electron chi connectivity index (χ1n) is 16.4. The number of hydrogen-bond donors (Lipinski definition) is 4. The van der Waals surface area contributed by atoms with Crippen LogP contribution in [-0.4, -0.2) is 51.0 Å². The lowest BCUT2D eigenvalue weighted by atomic mass is 9.82. The molecule has 5 aromatic rings. The molecule has 0 aliphatic carbocycles. The maximum absolute atomic E-state index is 14.1. The standard InChI is InChI=1S/C40H40N4O5/c1-28(11-10-18-38(47)43(21-22-45)26-29-12-4-2-5-13-29)40(49)34-24-32(42-37(46)23-31-25-41-35-17-9-8-16-33(31)35)19-20-36(34)44(39(40)48)27-30-14-6-3-7-15-30/h2-17,19-20,24-25,28,41,45,49H,18,21-23,26-27H2,1H3,(H,42,46)/b11-10+/t28-,40+/m1/s1. The SMILES string of the molecule is C[C@H](/C=C/CC(=O)N(CCO)Cc1ccccc1)[C@@]1(O)C(=O)N(Cc2ccccc2)c2ccc(NC(=O)Cc3c[nH]c4ccccc34)cc21. The normalized spacial score (nSPS) is 16.2. The van der Waals surface area contributed by atoms with Crippen LogP contribution in [0.3, 0.4) is 0 Å². The van der Waals surface area contributed by atoms with Crippen LogP contribution in [-0.2, 0) is 39.5 Å². The fourth-order valence-electron chi connectivity index (χ4n) is 6.46. The summed E-state index contributed by atoms with van der Waals surface area (Å²) >= 11 is 0. The van der Waals surface area contributed by atoms with Gasteiger partial charge in [-0.25, -0.2) is 0 Å². The quantitative estimate of drug-likeness (QED) is 0.121. The van der Waals surface area contributed by atoms with Gasteiger partial charge in [0.2, 0.25) is 11.8 Å². The molecule has 0 unspecified atom stereocenters. The molecule has 1 aromatic heterocycles. The van der Waals surface area contributed by atoms with Gasteiger partial charge in [0, 0.05) is 53.8 Å². The van der Waals surface area contributed by atoms with Crippen LogP contribution in [0.15, 0.2) is 121 Å². The second-order valence-electron chi connectivity index (χ2n) is 12.4. The molecule has 0 fully saturated rings. The highest BCUT2D eigenvalue weighted by atomic mass is 16.3. The molecule has 4 aromatic carbocycles. The van der Waals surface area contributed by atoms with Crippen molar-refractivity contribution in [3.63, 3.8) is 0 Å². The number of carbonyl (C=O) groups is 3. The minimum Gasteiger partial charge on any atom is -0.395 e. The summed E-state index contributed by atoms with van der Waals surface area (Å²) in [6, 6.07) is 32.1.